The Morgan fingerprint density at radius 1 is 1.39 bits per heavy atom. The summed E-state index contributed by atoms with van der Waals surface area (Å²) in [6, 6.07) is 6.32. The lowest BCUT2D eigenvalue weighted by Crippen LogP contribution is -2.20. The quantitative estimate of drug-likeness (QED) is 0.922. The van der Waals surface area contributed by atoms with Crippen LogP contribution in [0, 0.1) is 13.8 Å². The monoisotopic (exact) mass is 260 g/mol. The van der Waals surface area contributed by atoms with Gasteiger partial charge >= 0.3 is 0 Å². The van der Waals surface area contributed by atoms with Crippen molar-refractivity contribution in [3.8, 4) is 10.6 Å². The van der Waals surface area contributed by atoms with Crippen molar-refractivity contribution < 1.29 is 4.79 Å². The highest BCUT2D eigenvalue weighted by Crippen LogP contribution is 2.27. The van der Waals surface area contributed by atoms with Crippen LogP contribution in [0.1, 0.15) is 16.8 Å². The molecular formula is C14H16N2OS. The zero-order valence-electron chi connectivity index (χ0n) is 10.8. The molecule has 0 unspecified atom stereocenters. The third kappa shape index (κ3) is 2.76. The zero-order valence-corrected chi connectivity index (χ0v) is 11.6. The molecule has 1 aromatic carbocycles. The van der Waals surface area contributed by atoms with Gasteiger partial charge in [-0.1, -0.05) is 23.8 Å². The highest BCUT2D eigenvalue weighted by atomic mass is 32.1. The van der Waals surface area contributed by atoms with Crippen molar-refractivity contribution in [2.45, 2.75) is 20.3 Å². The van der Waals surface area contributed by atoms with Gasteiger partial charge in [0.15, 0.2) is 0 Å². The van der Waals surface area contributed by atoms with Crippen molar-refractivity contribution in [3.05, 3.63) is 40.4 Å². The van der Waals surface area contributed by atoms with Gasteiger partial charge in [-0.2, -0.15) is 0 Å². The molecule has 1 heterocycles. The Morgan fingerprint density at radius 2 is 2.17 bits per heavy atom. The Morgan fingerprint density at radius 3 is 2.83 bits per heavy atom. The largest absolute Gasteiger partial charge is 0.359 e. The molecule has 3 nitrogen and oxygen atoms in total. The van der Waals surface area contributed by atoms with Gasteiger partial charge in [0.1, 0.15) is 5.01 Å². The number of amides is 1. The average molecular weight is 260 g/mol. The lowest BCUT2D eigenvalue weighted by Gasteiger charge is -2.03. The van der Waals surface area contributed by atoms with E-state index in [1.165, 1.54) is 11.1 Å². The smallest absolute Gasteiger partial charge is 0.225 e. The van der Waals surface area contributed by atoms with Gasteiger partial charge in [0, 0.05) is 18.0 Å². The van der Waals surface area contributed by atoms with Gasteiger partial charge in [-0.05, 0) is 19.4 Å². The third-order valence-electron chi connectivity index (χ3n) is 2.78. The highest BCUT2D eigenvalue weighted by Gasteiger charge is 2.09. The summed E-state index contributed by atoms with van der Waals surface area (Å²) in [7, 11) is 1.64. The molecule has 2 rings (SSSR count). The van der Waals surface area contributed by atoms with Crippen molar-refractivity contribution in [1.82, 2.24) is 10.3 Å². The molecule has 0 aliphatic rings. The number of carbonyl (C=O) groups is 1. The Balaban J connectivity index is 2.26. The third-order valence-corrected chi connectivity index (χ3v) is 3.71. The summed E-state index contributed by atoms with van der Waals surface area (Å²) in [6.07, 6.45) is 0.345. The fraction of sp³-hybridized carbons (Fsp3) is 0.286. The fourth-order valence-corrected chi connectivity index (χ4v) is 2.73. The van der Waals surface area contributed by atoms with E-state index in [4.69, 9.17) is 0 Å². The summed E-state index contributed by atoms with van der Waals surface area (Å²) in [6.45, 7) is 4.16. The molecule has 94 valence electrons. The van der Waals surface area contributed by atoms with E-state index < -0.39 is 0 Å². The summed E-state index contributed by atoms with van der Waals surface area (Å²) in [4.78, 5) is 15.8. The van der Waals surface area contributed by atoms with Crippen molar-refractivity contribution in [3.63, 3.8) is 0 Å². The molecular weight excluding hydrogens is 244 g/mol. The summed E-state index contributed by atoms with van der Waals surface area (Å²) >= 11 is 1.58. The van der Waals surface area contributed by atoms with E-state index in [9.17, 15) is 4.79 Å². The maximum absolute atomic E-state index is 11.3. The van der Waals surface area contributed by atoms with Crippen LogP contribution in [0.2, 0.25) is 0 Å². The van der Waals surface area contributed by atoms with Gasteiger partial charge in [-0.15, -0.1) is 11.3 Å². The van der Waals surface area contributed by atoms with Crippen molar-refractivity contribution in [2.75, 3.05) is 7.05 Å². The summed E-state index contributed by atoms with van der Waals surface area (Å²) in [5.74, 6) is -0.00696. The topological polar surface area (TPSA) is 42.0 Å². The second-order valence-electron chi connectivity index (χ2n) is 4.31. The molecule has 4 heteroatoms. The van der Waals surface area contributed by atoms with Crippen LogP contribution in [0.4, 0.5) is 0 Å². The Kier molecular flexibility index (Phi) is 3.77. The minimum absolute atomic E-state index is 0.00696. The van der Waals surface area contributed by atoms with Crippen LogP contribution in [0.5, 0.6) is 0 Å². The maximum atomic E-state index is 11.3. The minimum Gasteiger partial charge on any atom is -0.359 e. The number of aryl methyl sites for hydroxylation is 2. The number of nitrogens with zero attached hydrogens (tertiary/aromatic N) is 1. The Hall–Kier alpha value is -1.68. The van der Waals surface area contributed by atoms with Gasteiger partial charge in [0.05, 0.1) is 12.1 Å². The number of hydrogen-bond donors (Lipinski definition) is 1. The molecule has 0 spiro atoms. The van der Waals surface area contributed by atoms with E-state index in [-0.39, 0.29) is 5.91 Å². The van der Waals surface area contributed by atoms with Crippen molar-refractivity contribution in [2.24, 2.45) is 0 Å². The molecule has 1 amide bonds. The van der Waals surface area contributed by atoms with Crippen molar-refractivity contribution >= 4 is 17.2 Å². The SMILES string of the molecule is CNC(=O)Cc1csc(-c2ccc(C)cc2C)n1. The Bertz CT molecular complexity index is 575. The van der Waals surface area contributed by atoms with Crippen LogP contribution in [0.25, 0.3) is 10.6 Å². The van der Waals surface area contributed by atoms with E-state index in [1.54, 1.807) is 18.4 Å². The number of nitrogens with one attached hydrogen (secondary N) is 1. The maximum Gasteiger partial charge on any atom is 0.225 e. The van der Waals surface area contributed by atoms with E-state index in [2.05, 4.69) is 42.3 Å². The Labute approximate surface area is 111 Å². The predicted octanol–water partition coefficient (Wildman–Crippen LogP) is 2.72. The van der Waals surface area contributed by atoms with E-state index in [0.717, 1.165) is 16.3 Å². The summed E-state index contributed by atoms with van der Waals surface area (Å²) < 4.78 is 0. The number of benzene rings is 1. The van der Waals surface area contributed by atoms with Gasteiger partial charge in [0.2, 0.25) is 5.91 Å². The first-order chi connectivity index (χ1) is 8.60. The van der Waals surface area contributed by atoms with E-state index >= 15 is 0 Å². The first-order valence-electron chi connectivity index (χ1n) is 5.82. The highest BCUT2D eigenvalue weighted by molar-refractivity contribution is 7.13. The second kappa shape index (κ2) is 5.31. The van der Waals surface area contributed by atoms with E-state index in [1.807, 2.05) is 5.38 Å². The normalized spacial score (nSPS) is 10.4. The van der Waals surface area contributed by atoms with Crippen LogP contribution < -0.4 is 5.32 Å². The molecule has 0 aliphatic heterocycles. The lowest BCUT2D eigenvalue weighted by atomic mass is 10.1. The zero-order chi connectivity index (χ0) is 13.1. The number of thiazole rings is 1. The van der Waals surface area contributed by atoms with Gasteiger partial charge in [-0.25, -0.2) is 4.98 Å². The summed E-state index contributed by atoms with van der Waals surface area (Å²) in [5, 5.41) is 5.53. The lowest BCUT2D eigenvalue weighted by molar-refractivity contribution is -0.120. The molecule has 0 saturated carbocycles. The molecule has 2 aromatic rings. The van der Waals surface area contributed by atoms with Crippen LogP contribution in [-0.4, -0.2) is 17.9 Å². The number of hydrogen-bond acceptors (Lipinski definition) is 3. The molecule has 0 saturated heterocycles. The van der Waals surface area contributed by atoms with Crippen LogP contribution in [0.15, 0.2) is 23.6 Å². The summed E-state index contributed by atoms with van der Waals surface area (Å²) in [5.41, 5.74) is 4.44. The molecule has 1 aromatic heterocycles. The number of likely N-dealkylation sites (N-methyl/N-ethyl adjacent to an activating group) is 1. The molecule has 1 N–H and O–H groups in total. The van der Waals surface area contributed by atoms with Crippen LogP contribution in [0.3, 0.4) is 0 Å². The fourth-order valence-electron chi connectivity index (χ4n) is 1.82. The van der Waals surface area contributed by atoms with Gasteiger partial charge < -0.3 is 5.32 Å². The van der Waals surface area contributed by atoms with Gasteiger partial charge in [0.25, 0.3) is 0 Å². The molecule has 0 aliphatic carbocycles. The molecule has 0 radical (unpaired) electrons. The molecule has 0 bridgehead atoms. The second-order valence-corrected chi connectivity index (χ2v) is 5.17. The first kappa shape index (κ1) is 12.8. The molecule has 0 atom stereocenters. The predicted molar refractivity (Wildman–Crippen MR) is 74.8 cm³/mol. The average Bonchev–Trinajstić information content (AvgIpc) is 2.77. The number of aromatic nitrogens is 1. The first-order valence-corrected chi connectivity index (χ1v) is 6.70. The standard InChI is InChI=1S/C14H16N2OS/c1-9-4-5-12(10(2)6-9)14-16-11(8-18-14)7-13(17)15-3/h4-6,8H,7H2,1-3H3,(H,15,17). The minimum atomic E-state index is -0.00696. The van der Waals surface area contributed by atoms with Crippen LogP contribution >= 0.6 is 11.3 Å². The van der Waals surface area contributed by atoms with E-state index in [0.29, 0.717) is 6.42 Å². The number of rotatable bonds is 3. The van der Waals surface area contributed by atoms with Gasteiger partial charge in [-0.3, -0.25) is 4.79 Å². The molecule has 18 heavy (non-hydrogen) atoms. The van der Waals surface area contributed by atoms with Crippen LogP contribution in [-0.2, 0) is 11.2 Å². The number of carbonyl (C=O) groups excluding carboxylic acids is 1. The van der Waals surface area contributed by atoms with Crippen molar-refractivity contribution in [1.29, 1.82) is 0 Å². The molecule has 0 fully saturated rings.